The van der Waals surface area contributed by atoms with E-state index < -0.39 is 35.2 Å². The molecule has 0 spiro atoms. The standard InChI is InChI=1S/C32H32F2O8S2/c1-15(17(3)35)9-21(36)27-11-19-25(43-27)13-23(40-4)18(29(19)33)7-6-8-42-31-24(41-5)14-26-20(30(31)34)12-28(44-26)22(37)10-16(2)32(38)39/h11-16H,6-10H2,1-5H3,(H,38,39)/t15-,16-/m0/s1. The van der Waals surface area contributed by atoms with Crippen molar-refractivity contribution in [1.29, 1.82) is 0 Å². The summed E-state index contributed by atoms with van der Waals surface area (Å²) in [4.78, 5) is 48.6. The Bertz CT molecular complexity index is 1630. The molecular formula is C32H32F2O8S2. The van der Waals surface area contributed by atoms with Crippen LogP contribution in [0.4, 0.5) is 8.78 Å². The number of ether oxygens (including phenoxy) is 3. The zero-order valence-corrected chi connectivity index (χ0v) is 26.5. The fourth-order valence-electron chi connectivity index (χ4n) is 4.65. The fourth-order valence-corrected chi connectivity index (χ4v) is 6.72. The van der Waals surface area contributed by atoms with Gasteiger partial charge < -0.3 is 19.3 Å². The number of methoxy groups -OCH3 is 2. The zero-order valence-electron chi connectivity index (χ0n) is 24.9. The van der Waals surface area contributed by atoms with Gasteiger partial charge in [-0.05, 0) is 38.0 Å². The third-order valence-electron chi connectivity index (χ3n) is 7.41. The van der Waals surface area contributed by atoms with Crippen molar-refractivity contribution in [1.82, 2.24) is 0 Å². The first-order valence-electron chi connectivity index (χ1n) is 13.9. The Morgan fingerprint density at radius 2 is 1.34 bits per heavy atom. The monoisotopic (exact) mass is 646 g/mol. The number of rotatable bonds is 15. The van der Waals surface area contributed by atoms with Gasteiger partial charge in [0.05, 0.1) is 36.5 Å². The molecule has 0 aliphatic heterocycles. The number of hydrogen-bond donors (Lipinski definition) is 1. The van der Waals surface area contributed by atoms with Crippen LogP contribution in [0.5, 0.6) is 17.2 Å². The molecule has 0 amide bonds. The van der Waals surface area contributed by atoms with Gasteiger partial charge in [0.2, 0.25) is 0 Å². The molecule has 0 aliphatic rings. The van der Waals surface area contributed by atoms with Crippen LogP contribution in [0.3, 0.4) is 0 Å². The summed E-state index contributed by atoms with van der Waals surface area (Å²) in [6.07, 6.45) is 0.310. The molecule has 234 valence electrons. The Morgan fingerprint density at radius 1 is 0.818 bits per heavy atom. The molecule has 1 N–H and O–H groups in total. The number of Topliss-reactive ketones (excluding diaryl/α,β-unsaturated/α-hetero) is 3. The van der Waals surface area contributed by atoms with Gasteiger partial charge in [-0.3, -0.25) is 19.2 Å². The molecule has 44 heavy (non-hydrogen) atoms. The maximum Gasteiger partial charge on any atom is 0.306 e. The van der Waals surface area contributed by atoms with Crippen molar-refractivity contribution < 1.29 is 47.3 Å². The minimum Gasteiger partial charge on any atom is -0.496 e. The number of aliphatic carboxylic acids is 1. The number of carboxylic acid groups (broad SMARTS) is 1. The number of carboxylic acids is 1. The van der Waals surface area contributed by atoms with Crippen LogP contribution >= 0.6 is 22.7 Å². The van der Waals surface area contributed by atoms with Crippen LogP contribution in [0, 0.1) is 23.5 Å². The van der Waals surface area contributed by atoms with E-state index in [-0.39, 0.29) is 76.6 Å². The molecule has 4 rings (SSSR count). The summed E-state index contributed by atoms with van der Waals surface area (Å²) >= 11 is 2.19. The summed E-state index contributed by atoms with van der Waals surface area (Å²) in [6.45, 7) is 4.54. The number of halogens is 2. The van der Waals surface area contributed by atoms with E-state index in [0.29, 0.717) is 20.0 Å². The highest BCUT2D eigenvalue weighted by molar-refractivity contribution is 7.21. The van der Waals surface area contributed by atoms with E-state index >= 15 is 8.78 Å². The normalized spacial score (nSPS) is 12.7. The van der Waals surface area contributed by atoms with E-state index in [1.807, 2.05) is 0 Å². The second kappa shape index (κ2) is 13.8. The van der Waals surface area contributed by atoms with E-state index in [1.165, 1.54) is 40.2 Å². The maximum atomic E-state index is 15.7. The van der Waals surface area contributed by atoms with Crippen molar-refractivity contribution in [2.75, 3.05) is 20.8 Å². The van der Waals surface area contributed by atoms with Crippen molar-refractivity contribution in [3.63, 3.8) is 0 Å². The third kappa shape index (κ3) is 6.91. The van der Waals surface area contributed by atoms with Crippen LogP contribution in [0.15, 0.2) is 24.3 Å². The third-order valence-corrected chi connectivity index (χ3v) is 9.66. The highest BCUT2D eigenvalue weighted by atomic mass is 32.1. The molecule has 0 fully saturated rings. The van der Waals surface area contributed by atoms with Crippen LogP contribution in [0.1, 0.15) is 64.9 Å². The van der Waals surface area contributed by atoms with Crippen molar-refractivity contribution in [3.8, 4) is 17.2 Å². The number of thiophene rings is 2. The lowest BCUT2D eigenvalue weighted by Crippen LogP contribution is -2.13. The first kappa shape index (κ1) is 33.0. The Labute approximate surface area is 260 Å². The van der Waals surface area contributed by atoms with E-state index in [4.69, 9.17) is 19.3 Å². The maximum absolute atomic E-state index is 15.7. The van der Waals surface area contributed by atoms with Crippen LogP contribution in [-0.4, -0.2) is 49.3 Å². The average Bonchev–Trinajstić information content (AvgIpc) is 3.62. The van der Waals surface area contributed by atoms with Gasteiger partial charge in [0.1, 0.15) is 17.3 Å². The minimum atomic E-state index is -1.09. The quantitative estimate of drug-likeness (QED) is 0.104. The molecule has 2 aromatic carbocycles. The highest BCUT2D eigenvalue weighted by Gasteiger charge is 2.24. The molecule has 0 bridgehead atoms. The molecule has 0 saturated heterocycles. The molecule has 0 aliphatic carbocycles. The number of ketones is 3. The number of benzene rings is 2. The second-order valence-corrected chi connectivity index (χ2v) is 12.8. The van der Waals surface area contributed by atoms with Crippen molar-refractivity contribution in [3.05, 3.63) is 51.2 Å². The van der Waals surface area contributed by atoms with Crippen LogP contribution in [0.25, 0.3) is 20.2 Å². The largest absolute Gasteiger partial charge is 0.496 e. The van der Waals surface area contributed by atoms with Gasteiger partial charge in [-0.1, -0.05) is 13.8 Å². The number of fused-ring (bicyclic) bond motifs is 2. The Kier molecular flexibility index (Phi) is 10.4. The molecule has 2 heterocycles. The average molecular weight is 647 g/mol. The van der Waals surface area contributed by atoms with Crippen molar-refractivity contribution in [2.24, 2.45) is 11.8 Å². The lowest BCUT2D eigenvalue weighted by atomic mass is 10.00. The molecule has 0 radical (unpaired) electrons. The van der Waals surface area contributed by atoms with Gasteiger partial charge in [0, 0.05) is 50.6 Å². The SMILES string of the molecule is COc1cc2sc(C(=O)C[C@H](C)C(C)=O)cc2c(F)c1CCCOc1c(OC)cc2sc(C(=O)C[C@H](C)C(=O)O)cc2c1F. The lowest BCUT2D eigenvalue weighted by Gasteiger charge is -2.14. The first-order valence-corrected chi connectivity index (χ1v) is 15.5. The van der Waals surface area contributed by atoms with Gasteiger partial charge in [-0.2, -0.15) is 0 Å². The molecule has 0 saturated carbocycles. The van der Waals surface area contributed by atoms with E-state index in [2.05, 4.69) is 0 Å². The molecule has 0 unspecified atom stereocenters. The van der Waals surface area contributed by atoms with Gasteiger partial charge in [0.25, 0.3) is 0 Å². The fraction of sp³-hybridized carbons (Fsp3) is 0.375. The van der Waals surface area contributed by atoms with E-state index in [1.54, 1.807) is 19.1 Å². The summed E-state index contributed by atoms with van der Waals surface area (Å²) < 4.78 is 48.7. The van der Waals surface area contributed by atoms with Crippen LogP contribution in [0.2, 0.25) is 0 Å². The smallest absolute Gasteiger partial charge is 0.306 e. The van der Waals surface area contributed by atoms with Crippen LogP contribution < -0.4 is 14.2 Å². The van der Waals surface area contributed by atoms with Crippen LogP contribution in [-0.2, 0) is 16.0 Å². The molecule has 4 aromatic rings. The highest BCUT2D eigenvalue weighted by Crippen LogP contribution is 2.41. The molecule has 2 aromatic heterocycles. The van der Waals surface area contributed by atoms with Crippen molar-refractivity contribution in [2.45, 2.75) is 46.5 Å². The topological polar surface area (TPSA) is 116 Å². The van der Waals surface area contributed by atoms with E-state index in [0.717, 1.165) is 22.7 Å². The summed E-state index contributed by atoms with van der Waals surface area (Å²) in [5, 5.41) is 9.53. The summed E-state index contributed by atoms with van der Waals surface area (Å²) in [5.74, 6) is -4.08. The lowest BCUT2D eigenvalue weighted by molar-refractivity contribution is -0.141. The predicted octanol–water partition coefficient (Wildman–Crippen LogP) is 7.51. The first-order chi connectivity index (χ1) is 20.9. The zero-order chi connectivity index (χ0) is 32.3. The van der Waals surface area contributed by atoms with Gasteiger partial charge in [-0.25, -0.2) is 8.78 Å². The minimum absolute atomic E-state index is 0.00176. The Balaban J connectivity index is 1.51. The summed E-state index contributed by atoms with van der Waals surface area (Å²) in [6, 6.07) is 6.11. The number of carbonyl (C=O) groups is 4. The Morgan fingerprint density at radius 3 is 1.86 bits per heavy atom. The number of hydrogen-bond acceptors (Lipinski definition) is 9. The van der Waals surface area contributed by atoms with Crippen molar-refractivity contribution >= 4 is 66.2 Å². The Hall–Kier alpha value is -3.90. The molecule has 2 atom stereocenters. The van der Waals surface area contributed by atoms with Gasteiger partial charge >= 0.3 is 5.97 Å². The molecular weight excluding hydrogens is 614 g/mol. The second-order valence-electron chi connectivity index (χ2n) is 10.6. The molecule has 8 nitrogen and oxygen atoms in total. The predicted molar refractivity (Wildman–Crippen MR) is 165 cm³/mol. The van der Waals surface area contributed by atoms with E-state index in [9.17, 15) is 19.2 Å². The van der Waals surface area contributed by atoms with Gasteiger partial charge in [0.15, 0.2) is 28.9 Å². The van der Waals surface area contributed by atoms with Gasteiger partial charge in [-0.15, -0.1) is 22.7 Å². The summed E-state index contributed by atoms with van der Waals surface area (Å²) in [5.41, 5.74) is 0.289. The number of carbonyl (C=O) groups excluding carboxylic acids is 3. The molecule has 12 heteroatoms. The summed E-state index contributed by atoms with van der Waals surface area (Å²) in [7, 11) is 2.78.